The predicted octanol–water partition coefficient (Wildman–Crippen LogP) is 7.47. The van der Waals surface area contributed by atoms with Gasteiger partial charge in [-0.15, -0.1) is 0 Å². The van der Waals surface area contributed by atoms with Gasteiger partial charge in [-0.3, -0.25) is 0 Å². The first-order valence-electron chi connectivity index (χ1n) is 14.4. The first-order chi connectivity index (χ1) is 21.7. The van der Waals surface area contributed by atoms with Crippen LogP contribution in [0.4, 0.5) is 0 Å². The van der Waals surface area contributed by atoms with Crippen molar-refractivity contribution in [2.24, 2.45) is 0 Å². The van der Waals surface area contributed by atoms with Gasteiger partial charge in [-0.25, -0.2) is 0 Å². The molecule has 0 aromatic heterocycles. The SMILES string of the molecule is COCOc1cccc2/c1=c1/c(OCOC)ccc/c1=c1\cccc(OCc3ccccc3)\c1=c1/c(OCCBr)ccc/c1=2. The highest BCUT2D eigenvalue weighted by Gasteiger charge is 2.13. The zero-order valence-electron chi connectivity index (χ0n) is 24.7. The molecule has 6 nitrogen and oxygen atoms in total. The van der Waals surface area contributed by atoms with Crippen molar-refractivity contribution < 1.29 is 28.4 Å². The van der Waals surface area contributed by atoms with Crippen molar-refractivity contribution in [1.82, 2.24) is 0 Å². The third-order valence-electron chi connectivity index (χ3n) is 7.42. The first-order valence-corrected chi connectivity index (χ1v) is 15.5. The van der Waals surface area contributed by atoms with E-state index in [1.165, 1.54) is 0 Å². The molecule has 0 N–H and O–H groups in total. The van der Waals surface area contributed by atoms with Crippen LogP contribution in [-0.4, -0.2) is 39.7 Å². The van der Waals surface area contributed by atoms with Crippen molar-refractivity contribution in [3.05, 3.63) is 150 Å². The summed E-state index contributed by atoms with van der Waals surface area (Å²) in [5.41, 5.74) is 1.08. The topological polar surface area (TPSA) is 55.4 Å². The molecule has 0 atom stereocenters. The van der Waals surface area contributed by atoms with Gasteiger partial charge in [0.1, 0.15) is 29.6 Å². The highest BCUT2D eigenvalue weighted by atomic mass is 79.9. The van der Waals surface area contributed by atoms with Crippen LogP contribution >= 0.6 is 15.9 Å². The van der Waals surface area contributed by atoms with Gasteiger partial charge < -0.3 is 28.4 Å². The summed E-state index contributed by atoms with van der Waals surface area (Å²) in [7, 11) is 3.23. The molecule has 0 unspecified atom stereocenters. The minimum atomic E-state index is 0.0983. The van der Waals surface area contributed by atoms with Crippen LogP contribution in [0, 0.1) is 41.7 Å². The summed E-state index contributed by atoms with van der Waals surface area (Å²) in [6.45, 7) is 1.13. The molecule has 0 aliphatic heterocycles. The molecule has 0 bridgehead atoms. The summed E-state index contributed by atoms with van der Waals surface area (Å²) in [4.78, 5) is 0. The Balaban J connectivity index is 1.91. The molecular formula is C37H33BrO6. The van der Waals surface area contributed by atoms with Crippen molar-refractivity contribution in [1.29, 1.82) is 0 Å². The van der Waals surface area contributed by atoms with E-state index in [2.05, 4.69) is 52.3 Å². The molecule has 5 aromatic carbocycles. The van der Waals surface area contributed by atoms with E-state index in [0.29, 0.717) is 30.0 Å². The molecular weight excluding hydrogens is 620 g/mol. The summed E-state index contributed by atoms with van der Waals surface area (Å²) < 4.78 is 36.1. The van der Waals surface area contributed by atoms with Crippen molar-refractivity contribution in [3.8, 4) is 23.0 Å². The standard InChI is InChI=1S/C37H33BrO6/c1-39-23-43-32-18-8-14-28-26-12-6-16-30(41-21-20-38)34(26)35-27(13-7-17-31(35)42-22-25-10-4-3-5-11-25)29-15-9-19-33(44-24-40-2)37(29)36(28)32/h3-19H,20-24H2,1-2H3/b28-26-,29-27-,35-34-,37-36-. The maximum Gasteiger partial charge on any atom is 0.188 e. The molecule has 7 heteroatoms. The number of methoxy groups -OCH3 is 2. The maximum absolute atomic E-state index is 6.62. The number of benzene rings is 5. The van der Waals surface area contributed by atoms with Crippen molar-refractivity contribution in [2.75, 3.05) is 39.7 Å². The van der Waals surface area contributed by atoms with Gasteiger partial charge in [0, 0.05) is 40.4 Å². The Labute approximate surface area is 263 Å². The van der Waals surface area contributed by atoms with Crippen molar-refractivity contribution in [3.63, 3.8) is 0 Å². The van der Waals surface area contributed by atoms with E-state index in [1.807, 2.05) is 66.7 Å². The second-order valence-corrected chi connectivity index (χ2v) is 10.9. The molecule has 1 aliphatic carbocycles. The lowest BCUT2D eigenvalue weighted by atomic mass is 10.00. The van der Waals surface area contributed by atoms with Gasteiger partial charge in [0.05, 0.1) is 6.61 Å². The smallest absolute Gasteiger partial charge is 0.188 e. The molecule has 44 heavy (non-hydrogen) atoms. The van der Waals surface area contributed by atoms with Crippen LogP contribution in [0.3, 0.4) is 0 Å². The van der Waals surface area contributed by atoms with Gasteiger partial charge in [-0.1, -0.05) is 94.8 Å². The van der Waals surface area contributed by atoms with Gasteiger partial charge in [-0.05, 0) is 50.7 Å². The van der Waals surface area contributed by atoms with E-state index in [9.17, 15) is 0 Å². The molecule has 6 rings (SSSR count). The summed E-state index contributed by atoms with van der Waals surface area (Å²) in [5, 5.41) is 8.29. The Morgan fingerprint density at radius 1 is 0.455 bits per heavy atom. The predicted molar refractivity (Wildman–Crippen MR) is 172 cm³/mol. The summed E-state index contributed by atoms with van der Waals surface area (Å²) in [6, 6.07) is 34.7. The van der Waals surface area contributed by atoms with E-state index >= 15 is 0 Å². The van der Waals surface area contributed by atoms with E-state index in [-0.39, 0.29) is 13.6 Å². The second kappa shape index (κ2) is 14.0. The lowest BCUT2D eigenvalue weighted by molar-refractivity contribution is 0.0489. The van der Waals surface area contributed by atoms with Gasteiger partial charge in [0.25, 0.3) is 0 Å². The average molecular weight is 654 g/mol. The normalized spacial score (nSPS) is 14.5. The number of hydrogen-bond donors (Lipinski definition) is 0. The number of hydrogen-bond acceptors (Lipinski definition) is 6. The zero-order chi connectivity index (χ0) is 30.3. The Hall–Kier alpha value is -4.30. The number of halogens is 1. The molecule has 0 fully saturated rings. The lowest BCUT2D eigenvalue weighted by Gasteiger charge is -2.14. The van der Waals surface area contributed by atoms with Crippen LogP contribution in [0.5, 0.6) is 23.0 Å². The van der Waals surface area contributed by atoms with E-state index in [0.717, 1.165) is 58.8 Å². The Morgan fingerprint density at radius 2 is 0.864 bits per heavy atom. The Kier molecular flexibility index (Phi) is 9.46. The summed E-state index contributed by atoms with van der Waals surface area (Å²) in [6.07, 6.45) is 0. The summed E-state index contributed by atoms with van der Waals surface area (Å²) in [5.74, 6) is 2.88. The molecule has 5 aromatic rings. The minimum Gasteiger partial charge on any atom is -0.492 e. The van der Waals surface area contributed by atoms with Crippen LogP contribution in [0.25, 0.3) is 0 Å². The highest BCUT2D eigenvalue weighted by Crippen LogP contribution is 2.29. The van der Waals surface area contributed by atoms with Gasteiger partial charge in [0.2, 0.25) is 0 Å². The maximum atomic E-state index is 6.62. The molecule has 0 saturated heterocycles. The number of ether oxygens (including phenoxy) is 6. The Morgan fingerprint density at radius 3 is 1.27 bits per heavy atom. The fraction of sp³-hybridized carbons (Fsp3) is 0.189. The zero-order valence-corrected chi connectivity index (χ0v) is 26.3. The molecule has 0 saturated carbocycles. The molecule has 0 radical (unpaired) electrons. The summed E-state index contributed by atoms with van der Waals surface area (Å²) >= 11 is 3.53. The van der Waals surface area contributed by atoms with Gasteiger partial charge in [-0.2, -0.15) is 0 Å². The first kappa shape index (κ1) is 29.8. The quantitative estimate of drug-likeness (QED) is 0.101. The third kappa shape index (κ3) is 5.91. The molecule has 0 amide bonds. The van der Waals surface area contributed by atoms with E-state index in [4.69, 9.17) is 28.4 Å². The minimum absolute atomic E-state index is 0.0983. The Bertz CT molecular complexity index is 2150. The number of fused-ring (bicyclic) bond motifs is 4. The van der Waals surface area contributed by atoms with Gasteiger partial charge in [0.15, 0.2) is 13.6 Å². The average Bonchev–Trinajstić information content (AvgIpc) is 3.07. The van der Waals surface area contributed by atoms with E-state index < -0.39 is 0 Å². The van der Waals surface area contributed by atoms with Gasteiger partial charge >= 0.3 is 0 Å². The van der Waals surface area contributed by atoms with Crippen molar-refractivity contribution >= 4 is 15.9 Å². The van der Waals surface area contributed by atoms with Crippen LogP contribution in [0.15, 0.2) is 103 Å². The monoisotopic (exact) mass is 652 g/mol. The number of rotatable bonds is 12. The largest absolute Gasteiger partial charge is 0.492 e. The van der Waals surface area contributed by atoms with E-state index in [1.54, 1.807) is 14.2 Å². The van der Waals surface area contributed by atoms with Crippen LogP contribution in [-0.2, 0) is 16.1 Å². The highest BCUT2D eigenvalue weighted by molar-refractivity contribution is 9.09. The molecule has 224 valence electrons. The molecule has 0 spiro atoms. The number of alkyl halides is 1. The van der Waals surface area contributed by atoms with Crippen LogP contribution in [0.2, 0.25) is 0 Å². The fourth-order valence-electron chi connectivity index (χ4n) is 5.66. The molecule has 0 heterocycles. The molecule has 1 aliphatic rings. The third-order valence-corrected chi connectivity index (χ3v) is 7.75. The van der Waals surface area contributed by atoms with Crippen molar-refractivity contribution in [2.45, 2.75) is 6.61 Å². The van der Waals surface area contributed by atoms with Crippen LogP contribution in [0.1, 0.15) is 5.56 Å². The fourth-order valence-corrected chi connectivity index (χ4v) is 5.83. The lowest BCUT2D eigenvalue weighted by Crippen LogP contribution is -2.04. The second-order valence-electron chi connectivity index (χ2n) is 10.1. The van der Waals surface area contributed by atoms with Crippen LogP contribution < -0.4 is 18.9 Å².